The molecule has 0 atom stereocenters. The maximum atomic E-state index is 9.96. The van der Waals surface area contributed by atoms with Crippen LogP contribution in [0.4, 0.5) is 0 Å². The number of hydrogen-bond donors (Lipinski definition) is 1. The summed E-state index contributed by atoms with van der Waals surface area (Å²) in [5, 5.41) is 1.46. The van der Waals surface area contributed by atoms with E-state index in [0.29, 0.717) is 11.3 Å². The molecular weight excluding hydrogens is 136 g/mol. The second kappa shape index (κ2) is 2.59. The lowest BCUT2D eigenvalue weighted by Crippen LogP contribution is -1.82. The van der Waals surface area contributed by atoms with E-state index in [1.54, 1.807) is 6.33 Å². The first-order valence-corrected chi connectivity index (χ1v) is 3.27. The first-order valence-electron chi connectivity index (χ1n) is 2.46. The number of nitrogens with one attached hydrogen (secondary N) is 1. The van der Waals surface area contributed by atoms with Crippen molar-refractivity contribution in [3.63, 3.8) is 0 Å². The summed E-state index contributed by atoms with van der Waals surface area (Å²) in [4.78, 5) is 6.73. The molecule has 1 rings (SSSR count). The van der Waals surface area contributed by atoms with Gasteiger partial charge in [-0.1, -0.05) is 0 Å². The number of hydrogen-bond acceptors (Lipinski definition) is 2. The Balaban J connectivity index is 3.07. The number of imidazole rings is 1. The molecule has 0 bridgehead atoms. The van der Waals surface area contributed by atoms with Crippen LogP contribution < -0.4 is 0 Å². The molecule has 0 aliphatic heterocycles. The predicted octanol–water partition coefficient (Wildman–Crippen LogP) is 0.0814. The van der Waals surface area contributed by atoms with E-state index in [1.807, 2.05) is 6.92 Å². The van der Waals surface area contributed by atoms with E-state index in [2.05, 4.69) is 9.97 Å². The minimum atomic E-state index is 0.416. The van der Waals surface area contributed by atoms with Crippen LogP contribution in [0.5, 0.6) is 0 Å². The molecule has 0 aliphatic carbocycles. The van der Waals surface area contributed by atoms with E-state index in [0.717, 1.165) is 11.4 Å². The molecule has 1 heterocycles. The average Bonchev–Trinajstić information content (AvgIpc) is 2.18. The highest BCUT2D eigenvalue weighted by Gasteiger charge is 1.92. The van der Waals surface area contributed by atoms with Gasteiger partial charge in [-0.3, -0.25) is 0 Å². The number of aryl methyl sites for hydroxylation is 1. The number of aromatic nitrogens is 2. The minimum absolute atomic E-state index is 0.416. The van der Waals surface area contributed by atoms with Gasteiger partial charge in [0.25, 0.3) is 0 Å². The van der Waals surface area contributed by atoms with Crippen molar-refractivity contribution < 1.29 is 4.21 Å². The van der Waals surface area contributed by atoms with Crippen LogP contribution in [0.3, 0.4) is 0 Å². The molecular formula is C5H6N2OS. The van der Waals surface area contributed by atoms with Crippen LogP contribution in [-0.4, -0.2) is 19.5 Å². The smallest absolute Gasteiger partial charge is 0.0968 e. The lowest BCUT2D eigenvalue weighted by Gasteiger charge is -1.80. The van der Waals surface area contributed by atoms with Gasteiger partial charge in [0.05, 0.1) is 28.6 Å². The van der Waals surface area contributed by atoms with E-state index < -0.39 is 0 Å². The number of H-pyrrole nitrogens is 1. The summed E-state index contributed by atoms with van der Waals surface area (Å²) in [5.74, 6) is 0. The molecule has 4 heteroatoms. The summed E-state index contributed by atoms with van der Waals surface area (Å²) in [6.07, 6.45) is 1.57. The molecule has 0 fully saturated rings. The van der Waals surface area contributed by atoms with Crippen LogP contribution in [0.15, 0.2) is 6.33 Å². The number of aromatic amines is 1. The van der Waals surface area contributed by atoms with Gasteiger partial charge in [0, 0.05) is 5.69 Å². The molecule has 1 N–H and O–H groups in total. The quantitative estimate of drug-likeness (QED) is 0.564. The Labute approximate surface area is 56.2 Å². The third-order valence-electron chi connectivity index (χ3n) is 1.03. The van der Waals surface area contributed by atoms with E-state index in [1.165, 1.54) is 5.37 Å². The second-order valence-corrected chi connectivity index (χ2v) is 2.06. The van der Waals surface area contributed by atoms with E-state index in [-0.39, 0.29) is 0 Å². The average molecular weight is 142 g/mol. The van der Waals surface area contributed by atoms with Crippen LogP contribution in [0, 0.1) is 6.92 Å². The van der Waals surface area contributed by atoms with Crippen LogP contribution in [0.25, 0.3) is 0 Å². The fourth-order valence-corrected chi connectivity index (χ4v) is 0.863. The summed E-state index contributed by atoms with van der Waals surface area (Å²) in [6.45, 7) is 1.87. The Hall–Kier alpha value is -0.900. The van der Waals surface area contributed by atoms with Crippen LogP contribution in [0.1, 0.15) is 11.4 Å². The Morgan fingerprint density at radius 1 is 1.89 bits per heavy atom. The minimum Gasteiger partial charge on any atom is -0.348 e. The topological polar surface area (TPSA) is 45.8 Å². The van der Waals surface area contributed by atoms with Gasteiger partial charge in [-0.25, -0.2) is 9.19 Å². The zero-order valence-electron chi connectivity index (χ0n) is 4.92. The molecule has 0 amide bonds. The Bertz CT molecular complexity index is 249. The third-order valence-corrected chi connectivity index (χ3v) is 1.35. The molecule has 0 spiro atoms. The van der Waals surface area contributed by atoms with Crippen molar-refractivity contribution in [2.75, 3.05) is 0 Å². The van der Waals surface area contributed by atoms with E-state index >= 15 is 0 Å². The maximum Gasteiger partial charge on any atom is 0.0968 e. The zero-order chi connectivity index (χ0) is 6.69. The normalized spacial score (nSPS) is 9.00. The Kier molecular flexibility index (Phi) is 1.79. The lowest BCUT2D eigenvalue weighted by molar-refractivity contribution is 0.701. The van der Waals surface area contributed by atoms with Gasteiger partial charge in [0.1, 0.15) is 0 Å². The second-order valence-electron chi connectivity index (χ2n) is 1.63. The van der Waals surface area contributed by atoms with E-state index in [9.17, 15) is 4.21 Å². The SMILES string of the molecule is Cc1[nH]cnc1C=S=O. The maximum absolute atomic E-state index is 9.96. The Morgan fingerprint density at radius 3 is 3.11 bits per heavy atom. The largest absolute Gasteiger partial charge is 0.348 e. The van der Waals surface area contributed by atoms with Crippen molar-refractivity contribution in [1.29, 1.82) is 0 Å². The standard InChI is InChI=1S/C5H6N2OS/c1-4-5(2-9-8)7-3-6-4/h2-3H,1H3,(H,6,7). The molecule has 0 aromatic carbocycles. The fraction of sp³-hybridized carbons (Fsp3) is 0.200. The van der Waals surface area contributed by atoms with Crippen LogP contribution in [0.2, 0.25) is 0 Å². The molecule has 0 saturated carbocycles. The van der Waals surface area contributed by atoms with Crippen LogP contribution >= 0.6 is 0 Å². The highest BCUT2D eigenvalue weighted by Crippen LogP contribution is 1.93. The van der Waals surface area contributed by atoms with E-state index in [4.69, 9.17) is 0 Å². The molecule has 48 valence electrons. The first kappa shape index (κ1) is 6.22. The van der Waals surface area contributed by atoms with Gasteiger partial charge in [0.2, 0.25) is 0 Å². The fourth-order valence-electron chi connectivity index (χ4n) is 0.534. The highest BCUT2D eigenvalue weighted by atomic mass is 32.1. The van der Waals surface area contributed by atoms with Crippen molar-refractivity contribution in [1.82, 2.24) is 9.97 Å². The van der Waals surface area contributed by atoms with Gasteiger partial charge in [0.15, 0.2) is 0 Å². The summed E-state index contributed by atoms with van der Waals surface area (Å²) in [5.41, 5.74) is 1.66. The first-order chi connectivity index (χ1) is 4.34. The molecule has 1 aromatic rings. The summed E-state index contributed by atoms with van der Waals surface area (Å²) in [7, 11) is 0. The number of rotatable bonds is 1. The van der Waals surface area contributed by atoms with Crippen molar-refractivity contribution in [3.05, 3.63) is 17.7 Å². The van der Waals surface area contributed by atoms with Gasteiger partial charge >= 0.3 is 0 Å². The summed E-state index contributed by atoms with van der Waals surface area (Å²) < 4.78 is 9.96. The molecule has 0 unspecified atom stereocenters. The molecule has 0 radical (unpaired) electrons. The molecule has 9 heavy (non-hydrogen) atoms. The molecule has 0 saturated heterocycles. The zero-order valence-corrected chi connectivity index (χ0v) is 5.73. The lowest BCUT2D eigenvalue weighted by atomic mass is 10.4. The van der Waals surface area contributed by atoms with Crippen molar-refractivity contribution in [2.45, 2.75) is 6.92 Å². The van der Waals surface area contributed by atoms with Crippen molar-refractivity contribution >= 4 is 16.6 Å². The van der Waals surface area contributed by atoms with Gasteiger partial charge in [-0.05, 0) is 6.92 Å². The monoisotopic (exact) mass is 142 g/mol. The highest BCUT2D eigenvalue weighted by molar-refractivity contribution is 7.65. The van der Waals surface area contributed by atoms with Crippen molar-refractivity contribution in [3.8, 4) is 0 Å². The molecule has 1 aromatic heterocycles. The number of nitrogens with zero attached hydrogens (tertiary/aromatic N) is 1. The Morgan fingerprint density at radius 2 is 2.67 bits per heavy atom. The summed E-state index contributed by atoms with van der Waals surface area (Å²) >= 11 is 0.416. The predicted molar refractivity (Wildman–Crippen MR) is 36.6 cm³/mol. The molecule has 3 nitrogen and oxygen atoms in total. The van der Waals surface area contributed by atoms with Gasteiger partial charge in [-0.2, -0.15) is 0 Å². The van der Waals surface area contributed by atoms with Crippen LogP contribution in [-0.2, 0) is 11.3 Å². The third kappa shape index (κ3) is 1.26. The van der Waals surface area contributed by atoms with Crippen molar-refractivity contribution in [2.24, 2.45) is 0 Å². The van der Waals surface area contributed by atoms with Gasteiger partial charge in [-0.15, -0.1) is 0 Å². The molecule has 0 aliphatic rings. The van der Waals surface area contributed by atoms with Gasteiger partial charge < -0.3 is 4.98 Å². The summed E-state index contributed by atoms with van der Waals surface area (Å²) in [6, 6.07) is 0.